The SMILES string of the molecule is CC(C)c1ccc(OCC(=O)Nc2ccc(N3CCOCC3)c([N+](=O)[O-])c2)cc1. The van der Waals surface area contributed by atoms with Crippen molar-refractivity contribution in [3.05, 3.63) is 58.1 Å². The monoisotopic (exact) mass is 399 g/mol. The van der Waals surface area contributed by atoms with E-state index in [1.165, 1.54) is 11.6 Å². The van der Waals surface area contributed by atoms with Crippen LogP contribution in [0.2, 0.25) is 0 Å². The van der Waals surface area contributed by atoms with Gasteiger partial charge in [0.15, 0.2) is 6.61 Å². The zero-order chi connectivity index (χ0) is 20.8. The quantitative estimate of drug-likeness (QED) is 0.565. The predicted molar refractivity (Wildman–Crippen MR) is 111 cm³/mol. The molecule has 154 valence electrons. The summed E-state index contributed by atoms with van der Waals surface area (Å²) in [5, 5.41) is 14.2. The van der Waals surface area contributed by atoms with Crippen molar-refractivity contribution in [2.45, 2.75) is 19.8 Å². The Labute approximate surface area is 169 Å². The highest BCUT2D eigenvalue weighted by Gasteiger charge is 2.22. The molecular formula is C21H25N3O5. The third-order valence-corrected chi connectivity index (χ3v) is 4.72. The molecule has 29 heavy (non-hydrogen) atoms. The number of benzene rings is 2. The van der Waals surface area contributed by atoms with Crippen LogP contribution in [-0.4, -0.2) is 43.7 Å². The maximum absolute atomic E-state index is 12.2. The highest BCUT2D eigenvalue weighted by Crippen LogP contribution is 2.31. The van der Waals surface area contributed by atoms with Gasteiger partial charge in [0.2, 0.25) is 0 Å². The number of hydrogen-bond acceptors (Lipinski definition) is 6. The molecule has 2 aromatic rings. The summed E-state index contributed by atoms with van der Waals surface area (Å²) in [5.74, 6) is 0.633. The Morgan fingerprint density at radius 3 is 2.52 bits per heavy atom. The molecule has 8 heteroatoms. The molecule has 3 rings (SSSR count). The van der Waals surface area contributed by atoms with Gasteiger partial charge in [-0.2, -0.15) is 0 Å². The summed E-state index contributed by atoms with van der Waals surface area (Å²) in [7, 11) is 0. The molecule has 1 aliphatic rings. The van der Waals surface area contributed by atoms with Gasteiger partial charge in [-0.15, -0.1) is 0 Å². The van der Waals surface area contributed by atoms with E-state index in [2.05, 4.69) is 19.2 Å². The fraction of sp³-hybridized carbons (Fsp3) is 0.381. The number of anilines is 2. The van der Waals surface area contributed by atoms with E-state index in [1.54, 1.807) is 12.1 Å². The van der Waals surface area contributed by atoms with Crippen molar-refractivity contribution in [1.29, 1.82) is 0 Å². The Hall–Kier alpha value is -3.13. The second kappa shape index (κ2) is 9.38. The van der Waals surface area contributed by atoms with Crippen molar-refractivity contribution in [2.24, 2.45) is 0 Å². The van der Waals surface area contributed by atoms with Crippen LogP contribution in [0.15, 0.2) is 42.5 Å². The minimum absolute atomic E-state index is 0.0464. The molecule has 0 radical (unpaired) electrons. The van der Waals surface area contributed by atoms with Crippen LogP contribution in [0.4, 0.5) is 17.1 Å². The first-order valence-corrected chi connectivity index (χ1v) is 9.58. The molecular weight excluding hydrogens is 374 g/mol. The standard InChI is InChI=1S/C21H25N3O5/c1-15(2)16-3-6-18(7-4-16)29-14-21(25)22-17-5-8-19(20(13-17)24(26)27)23-9-11-28-12-10-23/h3-8,13,15H,9-12,14H2,1-2H3,(H,22,25). The molecule has 0 aliphatic carbocycles. The smallest absolute Gasteiger partial charge is 0.294 e. The van der Waals surface area contributed by atoms with Gasteiger partial charge in [-0.1, -0.05) is 26.0 Å². The van der Waals surface area contributed by atoms with Gasteiger partial charge in [0.25, 0.3) is 11.6 Å². The third kappa shape index (κ3) is 5.45. The van der Waals surface area contributed by atoms with Crippen LogP contribution in [0.25, 0.3) is 0 Å². The molecule has 1 amide bonds. The van der Waals surface area contributed by atoms with E-state index in [9.17, 15) is 14.9 Å². The Morgan fingerprint density at radius 2 is 1.90 bits per heavy atom. The first-order valence-electron chi connectivity index (χ1n) is 9.58. The highest BCUT2D eigenvalue weighted by atomic mass is 16.6. The molecule has 1 fully saturated rings. The molecule has 0 bridgehead atoms. The van der Waals surface area contributed by atoms with Crippen molar-refractivity contribution in [3.63, 3.8) is 0 Å². The third-order valence-electron chi connectivity index (χ3n) is 4.72. The largest absolute Gasteiger partial charge is 0.484 e. The maximum atomic E-state index is 12.2. The van der Waals surface area contributed by atoms with E-state index in [4.69, 9.17) is 9.47 Å². The zero-order valence-corrected chi connectivity index (χ0v) is 16.6. The molecule has 0 aromatic heterocycles. The van der Waals surface area contributed by atoms with E-state index in [0.717, 1.165) is 0 Å². The van der Waals surface area contributed by atoms with Gasteiger partial charge in [0.1, 0.15) is 11.4 Å². The molecule has 1 aliphatic heterocycles. The lowest BCUT2D eigenvalue weighted by Gasteiger charge is -2.28. The van der Waals surface area contributed by atoms with Crippen LogP contribution in [0.1, 0.15) is 25.3 Å². The lowest BCUT2D eigenvalue weighted by Crippen LogP contribution is -2.36. The summed E-state index contributed by atoms with van der Waals surface area (Å²) in [6, 6.07) is 12.3. The zero-order valence-electron chi connectivity index (χ0n) is 16.6. The maximum Gasteiger partial charge on any atom is 0.294 e. The number of carbonyl (C=O) groups excluding carboxylic acids is 1. The molecule has 1 N–H and O–H groups in total. The Kier molecular flexibility index (Phi) is 6.66. The van der Waals surface area contributed by atoms with Crippen molar-refractivity contribution >= 4 is 23.0 Å². The number of nitrogens with zero attached hydrogens (tertiary/aromatic N) is 2. The van der Waals surface area contributed by atoms with Gasteiger partial charge in [-0.25, -0.2) is 0 Å². The second-order valence-electron chi connectivity index (χ2n) is 7.12. The van der Waals surface area contributed by atoms with Gasteiger partial charge < -0.3 is 19.7 Å². The minimum Gasteiger partial charge on any atom is -0.484 e. The number of amides is 1. The van der Waals surface area contributed by atoms with Crippen LogP contribution < -0.4 is 15.0 Å². The molecule has 2 aromatic carbocycles. The van der Waals surface area contributed by atoms with Crippen molar-refractivity contribution < 1.29 is 19.2 Å². The van der Waals surface area contributed by atoms with Crippen LogP contribution in [-0.2, 0) is 9.53 Å². The first kappa shape index (κ1) is 20.6. The minimum atomic E-state index is -0.437. The fourth-order valence-corrected chi connectivity index (χ4v) is 3.11. The average Bonchev–Trinajstić information content (AvgIpc) is 2.73. The van der Waals surface area contributed by atoms with Gasteiger partial charge in [-0.3, -0.25) is 14.9 Å². The fourth-order valence-electron chi connectivity index (χ4n) is 3.11. The first-order chi connectivity index (χ1) is 13.9. The summed E-state index contributed by atoms with van der Waals surface area (Å²) >= 11 is 0. The van der Waals surface area contributed by atoms with Crippen LogP contribution in [0.3, 0.4) is 0 Å². The Bertz CT molecular complexity index is 861. The van der Waals surface area contributed by atoms with Gasteiger partial charge in [0.05, 0.1) is 18.1 Å². The van der Waals surface area contributed by atoms with E-state index in [1.807, 2.05) is 29.2 Å². The van der Waals surface area contributed by atoms with Crippen molar-refractivity contribution in [3.8, 4) is 5.75 Å². The van der Waals surface area contributed by atoms with Crippen molar-refractivity contribution in [1.82, 2.24) is 0 Å². The molecule has 0 unspecified atom stereocenters. The van der Waals surface area contributed by atoms with E-state index in [0.29, 0.717) is 49.3 Å². The lowest BCUT2D eigenvalue weighted by molar-refractivity contribution is -0.384. The number of hydrogen-bond donors (Lipinski definition) is 1. The molecule has 0 atom stereocenters. The van der Waals surface area contributed by atoms with Crippen LogP contribution in [0.5, 0.6) is 5.75 Å². The summed E-state index contributed by atoms with van der Waals surface area (Å²) in [5.41, 5.74) is 2.03. The number of carbonyl (C=O) groups is 1. The van der Waals surface area contributed by atoms with E-state index >= 15 is 0 Å². The van der Waals surface area contributed by atoms with E-state index < -0.39 is 4.92 Å². The molecule has 1 heterocycles. The summed E-state index contributed by atoms with van der Waals surface area (Å²) < 4.78 is 10.8. The molecule has 8 nitrogen and oxygen atoms in total. The highest BCUT2D eigenvalue weighted by molar-refractivity contribution is 5.92. The Morgan fingerprint density at radius 1 is 1.21 bits per heavy atom. The number of nitro groups is 1. The van der Waals surface area contributed by atoms with Gasteiger partial charge in [-0.05, 0) is 35.7 Å². The predicted octanol–water partition coefficient (Wildman–Crippen LogP) is 3.57. The van der Waals surface area contributed by atoms with Crippen LogP contribution in [0, 0.1) is 10.1 Å². The second-order valence-corrected chi connectivity index (χ2v) is 7.12. The average molecular weight is 399 g/mol. The normalized spacial score (nSPS) is 14.0. The van der Waals surface area contributed by atoms with Crippen LogP contribution >= 0.6 is 0 Å². The number of morpholine rings is 1. The number of ether oxygens (including phenoxy) is 2. The van der Waals surface area contributed by atoms with Gasteiger partial charge in [0, 0.05) is 24.8 Å². The van der Waals surface area contributed by atoms with E-state index in [-0.39, 0.29) is 18.2 Å². The number of nitro benzene ring substituents is 1. The summed E-state index contributed by atoms with van der Waals surface area (Å²) in [6.07, 6.45) is 0. The lowest BCUT2D eigenvalue weighted by atomic mass is 10.0. The Balaban J connectivity index is 1.62. The summed E-state index contributed by atoms with van der Waals surface area (Å²) in [6.45, 7) is 6.28. The molecule has 1 saturated heterocycles. The topological polar surface area (TPSA) is 93.9 Å². The summed E-state index contributed by atoms with van der Waals surface area (Å²) in [4.78, 5) is 25.2. The van der Waals surface area contributed by atoms with Crippen molar-refractivity contribution in [2.75, 3.05) is 43.1 Å². The number of rotatable bonds is 7. The number of nitrogens with one attached hydrogen (secondary N) is 1. The molecule has 0 saturated carbocycles. The molecule has 0 spiro atoms. The van der Waals surface area contributed by atoms with Gasteiger partial charge >= 0.3 is 0 Å².